The number of thioether (sulfide) groups is 16. The molecule has 0 aromatic heterocycles. The van der Waals surface area contributed by atoms with Crippen LogP contribution in [0.3, 0.4) is 0 Å². The minimum Gasteiger partial charge on any atom is -0.121 e. The van der Waals surface area contributed by atoms with E-state index in [0.717, 1.165) is 5.08 Å². The lowest BCUT2D eigenvalue weighted by atomic mass is 10.6. The molecule has 0 atom stereocenters. The Morgan fingerprint density at radius 3 is 0.795 bits per heavy atom. The maximum absolute atomic E-state index is 2.31. The van der Waals surface area contributed by atoms with Crippen molar-refractivity contribution in [2.24, 2.45) is 0 Å². The molecule has 212 valence electrons. The SMILES string of the molecule is CSC1=C(SC)SC(=CC=C2SC(SC)=C(SCSC3=C(SC)SC(=CC=C4SC(SC)=C(SC)S4)S3)S2)S1. The lowest BCUT2D eigenvalue weighted by Gasteiger charge is -2.04. The number of hydrogen-bond donors (Lipinski definition) is 0. The minimum atomic E-state index is 1.04. The molecule has 0 N–H and O–H groups in total. The molecule has 0 unspecified atom stereocenters. The fourth-order valence-corrected chi connectivity index (χ4v) is 23.4. The molecule has 0 saturated carbocycles. The van der Waals surface area contributed by atoms with Gasteiger partial charge >= 0.3 is 0 Å². The summed E-state index contributed by atoms with van der Waals surface area (Å²) in [6.07, 6.45) is 22.3. The summed E-state index contributed by atoms with van der Waals surface area (Å²) in [5, 5.41) is 1.04. The maximum Gasteiger partial charge on any atom is 0.0667 e. The van der Waals surface area contributed by atoms with E-state index < -0.39 is 0 Å². The van der Waals surface area contributed by atoms with E-state index in [1.807, 2.05) is 188 Å². The topological polar surface area (TPSA) is 0 Å². The van der Waals surface area contributed by atoms with Crippen molar-refractivity contribution in [3.8, 4) is 0 Å². The first-order valence-electron chi connectivity index (χ1n) is 10.7. The standard InChI is InChI=1S/C23H24S16/c1-24-16-17(25-2)33-12(32-16)7-9-14-36-20(28-5)22(38-14)30-11-31-23-21(29-6)37-15(39-23)10-8-13-34-18(26-3)19(27-4)35-13/h7-10H,11H2,1-6H3. The van der Waals surface area contributed by atoms with Crippen LogP contribution in [0.5, 0.6) is 0 Å². The van der Waals surface area contributed by atoms with Crippen molar-refractivity contribution in [3.63, 3.8) is 0 Å². The third kappa shape index (κ3) is 10.3. The fraction of sp³-hybridized carbons (Fsp3) is 0.304. The Kier molecular flexibility index (Phi) is 16.9. The molecular weight excluding hydrogens is 789 g/mol. The highest BCUT2D eigenvalue weighted by atomic mass is 32.3. The van der Waals surface area contributed by atoms with Gasteiger partial charge in [0.15, 0.2) is 0 Å². The van der Waals surface area contributed by atoms with E-state index in [4.69, 9.17) is 0 Å². The van der Waals surface area contributed by atoms with Crippen LogP contribution in [0.4, 0.5) is 0 Å². The number of rotatable bonds is 12. The molecule has 0 radical (unpaired) electrons. The van der Waals surface area contributed by atoms with Crippen LogP contribution in [0.1, 0.15) is 0 Å². The molecule has 0 aromatic carbocycles. The highest BCUT2D eigenvalue weighted by Crippen LogP contribution is 2.61. The van der Waals surface area contributed by atoms with Crippen LogP contribution >= 0.6 is 188 Å². The van der Waals surface area contributed by atoms with E-state index in [1.165, 1.54) is 50.8 Å². The van der Waals surface area contributed by atoms with Gasteiger partial charge in [0.2, 0.25) is 0 Å². The monoisotopic (exact) mass is 812 g/mol. The zero-order valence-electron chi connectivity index (χ0n) is 21.5. The summed E-state index contributed by atoms with van der Waals surface area (Å²) in [7, 11) is 0. The van der Waals surface area contributed by atoms with E-state index >= 15 is 0 Å². The Balaban J connectivity index is 1.29. The van der Waals surface area contributed by atoms with Gasteiger partial charge in [-0.25, -0.2) is 0 Å². The van der Waals surface area contributed by atoms with Gasteiger partial charge in [0, 0.05) is 5.08 Å². The Morgan fingerprint density at radius 1 is 0.359 bits per heavy atom. The molecule has 0 bridgehead atoms. The molecule has 4 aliphatic rings. The van der Waals surface area contributed by atoms with Gasteiger partial charge in [-0.2, -0.15) is 0 Å². The molecule has 39 heavy (non-hydrogen) atoms. The van der Waals surface area contributed by atoms with Gasteiger partial charge in [0.25, 0.3) is 0 Å². The second-order valence-electron chi connectivity index (χ2n) is 6.69. The third-order valence-corrected chi connectivity index (χ3v) is 25.3. The summed E-state index contributed by atoms with van der Waals surface area (Å²) in [4.78, 5) is 0. The smallest absolute Gasteiger partial charge is 0.0667 e. The Bertz CT molecular complexity index is 1070. The predicted octanol–water partition coefficient (Wildman–Crippen LogP) is 14.4. The van der Waals surface area contributed by atoms with Crippen LogP contribution < -0.4 is 0 Å². The second kappa shape index (κ2) is 18.6. The van der Waals surface area contributed by atoms with Gasteiger partial charge in [0.1, 0.15) is 0 Å². The average Bonchev–Trinajstić information content (AvgIpc) is 3.74. The van der Waals surface area contributed by atoms with Crippen molar-refractivity contribution < 1.29 is 0 Å². The highest BCUT2D eigenvalue weighted by Gasteiger charge is 2.25. The van der Waals surface area contributed by atoms with Crippen molar-refractivity contribution in [1.29, 1.82) is 0 Å². The van der Waals surface area contributed by atoms with Gasteiger partial charge in [-0.15, -0.1) is 94.1 Å². The summed E-state index contributed by atoms with van der Waals surface area (Å²) in [6.45, 7) is 0. The van der Waals surface area contributed by atoms with Crippen molar-refractivity contribution in [2.45, 2.75) is 0 Å². The third-order valence-electron chi connectivity index (χ3n) is 4.42. The average molecular weight is 814 g/mol. The molecule has 16 heteroatoms. The van der Waals surface area contributed by atoms with Crippen LogP contribution in [0.15, 0.2) is 75.2 Å². The minimum absolute atomic E-state index is 1.04. The molecule has 0 spiro atoms. The van der Waals surface area contributed by atoms with Crippen LogP contribution in [-0.4, -0.2) is 42.6 Å². The molecular formula is C23H24S16. The van der Waals surface area contributed by atoms with Crippen molar-refractivity contribution in [3.05, 3.63) is 75.2 Å². The quantitative estimate of drug-likeness (QED) is 0.172. The summed E-state index contributed by atoms with van der Waals surface area (Å²) >= 11 is 30.5. The van der Waals surface area contributed by atoms with Gasteiger partial charge in [-0.3, -0.25) is 0 Å². The van der Waals surface area contributed by atoms with Crippen molar-refractivity contribution in [1.82, 2.24) is 0 Å². The first-order valence-corrected chi connectivity index (χ1v) is 26.6. The first kappa shape index (κ1) is 35.4. The zero-order chi connectivity index (χ0) is 27.8. The predicted molar refractivity (Wildman–Crippen MR) is 222 cm³/mol. The highest BCUT2D eigenvalue weighted by molar-refractivity contribution is 8.44. The maximum atomic E-state index is 2.31. The van der Waals surface area contributed by atoms with E-state index in [0.29, 0.717) is 0 Å². The second-order valence-corrected chi connectivity index (χ2v) is 25.4. The molecule has 0 amide bonds. The molecule has 0 aliphatic carbocycles. The normalized spacial score (nSPS) is 22.3. The lowest BCUT2D eigenvalue weighted by Crippen LogP contribution is -1.74. The Morgan fingerprint density at radius 2 is 0.564 bits per heavy atom. The molecule has 0 nitrogen and oxygen atoms in total. The molecule has 0 saturated heterocycles. The van der Waals surface area contributed by atoms with Crippen molar-refractivity contribution in [2.75, 3.05) is 42.6 Å². The van der Waals surface area contributed by atoms with E-state index in [-0.39, 0.29) is 0 Å². The van der Waals surface area contributed by atoms with Crippen molar-refractivity contribution >= 4 is 188 Å². The summed E-state index contributed by atoms with van der Waals surface area (Å²) < 4.78 is 17.0. The van der Waals surface area contributed by atoms with E-state index in [1.54, 1.807) is 0 Å². The van der Waals surface area contributed by atoms with Gasteiger partial charge < -0.3 is 0 Å². The lowest BCUT2D eigenvalue weighted by molar-refractivity contribution is 2.05. The van der Waals surface area contributed by atoms with E-state index in [9.17, 15) is 0 Å². The number of hydrogen-bond acceptors (Lipinski definition) is 16. The summed E-state index contributed by atoms with van der Waals surface area (Å²) in [6, 6.07) is 0. The number of allylic oxidation sites excluding steroid dienone is 4. The van der Waals surface area contributed by atoms with E-state index in [2.05, 4.69) is 61.8 Å². The largest absolute Gasteiger partial charge is 0.121 e. The van der Waals surface area contributed by atoms with Crippen LogP contribution in [0.2, 0.25) is 0 Å². The molecule has 4 heterocycles. The Labute approximate surface area is 301 Å². The first-order chi connectivity index (χ1) is 19.0. The van der Waals surface area contributed by atoms with Crippen LogP contribution in [0.25, 0.3) is 0 Å². The van der Waals surface area contributed by atoms with Gasteiger partial charge in [0.05, 0.1) is 50.8 Å². The summed E-state index contributed by atoms with van der Waals surface area (Å²) in [5.41, 5.74) is 0. The molecule has 0 aromatic rings. The molecule has 0 fully saturated rings. The molecule has 4 rings (SSSR count). The van der Waals surface area contributed by atoms with Gasteiger partial charge in [-0.1, -0.05) is 94.1 Å². The van der Waals surface area contributed by atoms with Crippen LogP contribution in [0, 0.1) is 0 Å². The van der Waals surface area contributed by atoms with Crippen LogP contribution in [-0.2, 0) is 0 Å². The summed E-state index contributed by atoms with van der Waals surface area (Å²) in [5.74, 6) is 0. The Hall–Kier alpha value is 3.52. The fourth-order valence-electron chi connectivity index (χ4n) is 2.76. The molecule has 4 aliphatic heterocycles. The van der Waals surface area contributed by atoms with Gasteiger partial charge in [-0.05, 0) is 61.8 Å². The zero-order valence-corrected chi connectivity index (χ0v) is 34.6.